The normalized spacial score (nSPS) is 14.8. The third-order valence-electron chi connectivity index (χ3n) is 3.56. The Morgan fingerprint density at radius 3 is 2.28 bits per heavy atom. The molecule has 0 aliphatic carbocycles. The highest BCUT2D eigenvalue weighted by atomic mass is 16.2. The van der Waals surface area contributed by atoms with E-state index in [0.717, 1.165) is 15.4 Å². The van der Waals surface area contributed by atoms with Crippen molar-refractivity contribution in [1.29, 1.82) is 0 Å². The van der Waals surface area contributed by atoms with E-state index in [1.165, 1.54) is 4.90 Å². The van der Waals surface area contributed by atoms with Gasteiger partial charge in [-0.25, -0.2) is 9.69 Å². The molecular weight excluding hydrogens is 324 g/mol. The van der Waals surface area contributed by atoms with Gasteiger partial charge in [0.25, 0.3) is 0 Å². The third-order valence-corrected chi connectivity index (χ3v) is 3.56. The second-order valence-corrected chi connectivity index (χ2v) is 6.27. The zero-order valence-electron chi connectivity index (χ0n) is 14.6. The van der Waals surface area contributed by atoms with Gasteiger partial charge in [-0.1, -0.05) is 30.3 Å². The second-order valence-electron chi connectivity index (χ2n) is 6.27. The molecule has 1 aliphatic heterocycles. The van der Waals surface area contributed by atoms with Crippen molar-refractivity contribution in [3.8, 4) is 0 Å². The molecule has 0 bridgehead atoms. The monoisotopic (exact) mass is 346 g/mol. The van der Waals surface area contributed by atoms with Crippen LogP contribution in [0.3, 0.4) is 0 Å². The Labute approximate surface area is 146 Å². The fourth-order valence-electron chi connectivity index (χ4n) is 2.48. The van der Waals surface area contributed by atoms with E-state index in [1.54, 1.807) is 31.3 Å². The number of hydrogen-bond donors (Lipinski definition) is 1. The number of amides is 5. The number of carbonyl (C=O) groups is 4. The summed E-state index contributed by atoms with van der Waals surface area (Å²) in [5.74, 6) is -1.95. The summed E-state index contributed by atoms with van der Waals surface area (Å²) >= 11 is 0. The molecule has 1 heterocycles. The lowest BCUT2D eigenvalue weighted by molar-refractivity contribution is -0.144. The van der Waals surface area contributed by atoms with Crippen molar-refractivity contribution >= 4 is 23.8 Å². The number of rotatable bonds is 7. The van der Waals surface area contributed by atoms with E-state index in [-0.39, 0.29) is 31.7 Å². The number of urea groups is 1. The van der Waals surface area contributed by atoms with Crippen molar-refractivity contribution in [1.82, 2.24) is 20.0 Å². The first-order valence-electron chi connectivity index (χ1n) is 7.98. The van der Waals surface area contributed by atoms with Crippen LogP contribution in [0, 0.1) is 0 Å². The summed E-state index contributed by atoms with van der Waals surface area (Å²) in [5, 5.41) is 2.72. The van der Waals surface area contributed by atoms with E-state index in [0.29, 0.717) is 0 Å². The molecule has 134 valence electrons. The Morgan fingerprint density at radius 2 is 1.68 bits per heavy atom. The maximum absolute atomic E-state index is 12.4. The molecule has 8 nitrogen and oxygen atoms in total. The van der Waals surface area contributed by atoms with Crippen molar-refractivity contribution in [2.75, 3.05) is 20.3 Å². The van der Waals surface area contributed by atoms with E-state index in [2.05, 4.69) is 5.32 Å². The smallest absolute Gasteiger partial charge is 0.335 e. The standard InChI is InChI=1S/C17H22N4O4/c1-12(2)18-14(22)10-19(3)11-21-16(24)15(23)20(17(21)25)9-13-7-5-4-6-8-13/h4-8,12H,9-11H2,1-3H3,(H,18,22). The number of carbonyl (C=O) groups excluding carboxylic acids is 4. The van der Waals surface area contributed by atoms with Crippen LogP contribution in [-0.2, 0) is 20.9 Å². The molecule has 0 saturated carbocycles. The predicted octanol–water partition coefficient (Wildman–Crippen LogP) is 0.391. The zero-order valence-corrected chi connectivity index (χ0v) is 14.6. The molecule has 25 heavy (non-hydrogen) atoms. The van der Waals surface area contributed by atoms with Gasteiger partial charge in [0.2, 0.25) is 5.91 Å². The van der Waals surface area contributed by atoms with Crippen LogP contribution in [-0.4, -0.2) is 64.8 Å². The van der Waals surface area contributed by atoms with Gasteiger partial charge in [0.1, 0.15) is 0 Å². The topological polar surface area (TPSA) is 90.0 Å². The Hall–Kier alpha value is -2.74. The quantitative estimate of drug-likeness (QED) is 0.570. The van der Waals surface area contributed by atoms with E-state index in [9.17, 15) is 19.2 Å². The van der Waals surface area contributed by atoms with Crippen LogP contribution in [0.4, 0.5) is 4.79 Å². The van der Waals surface area contributed by atoms with Gasteiger partial charge in [0, 0.05) is 6.04 Å². The molecule has 1 aromatic carbocycles. The largest absolute Gasteiger partial charge is 0.353 e. The van der Waals surface area contributed by atoms with Gasteiger partial charge in [-0.05, 0) is 26.5 Å². The molecule has 1 N–H and O–H groups in total. The maximum Gasteiger partial charge on any atom is 0.335 e. The summed E-state index contributed by atoms with van der Waals surface area (Å²) in [6.45, 7) is 3.61. The van der Waals surface area contributed by atoms with Crippen LogP contribution in [0.5, 0.6) is 0 Å². The van der Waals surface area contributed by atoms with Crippen LogP contribution in [0.25, 0.3) is 0 Å². The van der Waals surface area contributed by atoms with Crippen molar-refractivity contribution in [3.63, 3.8) is 0 Å². The average Bonchev–Trinajstić information content (AvgIpc) is 2.73. The van der Waals surface area contributed by atoms with Crippen molar-refractivity contribution < 1.29 is 19.2 Å². The molecule has 1 fully saturated rings. The lowest BCUT2D eigenvalue weighted by Gasteiger charge is -2.22. The van der Waals surface area contributed by atoms with Gasteiger partial charge in [0.05, 0.1) is 19.8 Å². The number of nitrogens with zero attached hydrogens (tertiary/aromatic N) is 3. The average molecular weight is 346 g/mol. The molecule has 1 aromatic rings. The first kappa shape index (κ1) is 18.6. The number of imide groups is 2. The highest BCUT2D eigenvalue weighted by molar-refractivity contribution is 6.44. The fraction of sp³-hybridized carbons (Fsp3) is 0.412. The predicted molar refractivity (Wildman–Crippen MR) is 90.0 cm³/mol. The van der Waals surface area contributed by atoms with Crippen LogP contribution in [0.2, 0.25) is 0 Å². The first-order valence-corrected chi connectivity index (χ1v) is 7.98. The highest BCUT2D eigenvalue weighted by Gasteiger charge is 2.44. The Bertz CT molecular complexity index is 674. The number of likely N-dealkylation sites (N-methyl/N-ethyl adjacent to an activating group) is 1. The first-order chi connectivity index (χ1) is 11.8. The van der Waals surface area contributed by atoms with Gasteiger partial charge >= 0.3 is 17.8 Å². The summed E-state index contributed by atoms with van der Waals surface area (Å²) in [6, 6.07) is 8.29. The van der Waals surface area contributed by atoms with Gasteiger partial charge < -0.3 is 5.32 Å². The van der Waals surface area contributed by atoms with E-state index >= 15 is 0 Å². The minimum Gasteiger partial charge on any atom is -0.353 e. The Morgan fingerprint density at radius 1 is 1.08 bits per heavy atom. The van der Waals surface area contributed by atoms with Crippen LogP contribution in [0.15, 0.2) is 30.3 Å². The van der Waals surface area contributed by atoms with E-state index in [1.807, 2.05) is 19.9 Å². The Kier molecular flexibility index (Phi) is 5.87. The van der Waals surface area contributed by atoms with Crippen molar-refractivity contribution in [2.24, 2.45) is 0 Å². The van der Waals surface area contributed by atoms with Crippen molar-refractivity contribution in [3.05, 3.63) is 35.9 Å². The lowest BCUT2D eigenvalue weighted by Crippen LogP contribution is -2.45. The number of hydrogen-bond acceptors (Lipinski definition) is 5. The fourth-order valence-corrected chi connectivity index (χ4v) is 2.48. The molecule has 0 atom stereocenters. The molecule has 0 radical (unpaired) electrons. The highest BCUT2D eigenvalue weighted by Crippen LogP contribution is 2.16. The second kappa shape index (κ2) is 7.89. The van der Waals surface area contributed by atoms with Crippen LogP contribution >= 0.6 is 0 Å². The summed E-state index contributed by atoms with van der Waals surface area (Å²) in [5.41, 5.74) is 0.753. The van der Waals surface area contributed by atoms with E-state index < -0.39 is 17.8 Å². The SMILES string of the molecule is CC(C)NC(=O)CN(C)CN1C(=O)C(=O)N(Cc2ccccc2)C1=O. The van der Waals surface area contributed by atoms with Gasteiger partial charge in [-0.2, -0.15) is 0 Å². The van der Waals surface area contributed by atoms with Gasteiger partial charge in [-0.15, -0.1) is 0 Å². The molecule has 8 heteroatoms. The van der Waals surface area contributed by atoms with Crippen LogP contribution < -0.4 is 5.32 Å². The third kappa shape index (κ3) is 4.63. The van der Waals surface area contributed by atoms with Crippen molar-refractivity contribution in [2.45, 2.75) is 26.4 Å². The molecule has 1 saturated heterocycles. The molecular formula is C17H22N4O4. The number of benzene rings is 1. The summed E-state index contributed by atoms with van der Waals surface area (Å²) in [6.07, 6.45) is 0. The maximum atomic E-state index is 12.4. The van der Waals surface area contributed by atoms with Gasteiger partial charge in [-0.3, -0.25) is 24.2 Å². The summed E-state index contributed by atoms with van der Waals surface area (Å²) in [4.78, 5) is 51.6. The molecule has 0 unspecified atom stereocenters. The summed E-state index contributed by atoms with van der Waals surface area (Å²) in [7, 11) is 1.60. The minimum absolute atomic E-state index is 0.00103. The van der Waals surface area contributed by atoms with Crippen LogP contribution in [0.1, 0.15) is 19.4 Å². The van der Waals surface area contributed by atoms with E-state index in [4.69, 9.17) is 0 Å². The molecule has 1 aliphatic rings. The molecule has 0 aromatic heterocycles. The summed E-state index contributed by atoms with van der Waals surface area (Å²) < 4.78 is 0. The van der Waals surface area contributed by atoms with Gasteiger partial charge in [0.15, 0.2) is 0 Å². The molecule has 0 spiro atoms. The lowest BCUT2D eigenvalue weighted by atomic mass is 10.2. The Balaban J connectivity index is 1.99. The zero-order chi connectivity index (χ0) is 18.6. The minimum atomic E-state index is -0.878. The molecule has 5 amide bonds. The number of nitrogens with one attached hydrogen (secondary N) is 1. The molecule has 2 rings (SSSR count).